The summed E-state index contributed by atoms with van der Waals surface area (Å²) in [6.45, 7) is 3.08. The van der Waals surface area contributed by atoms with E-state index in [9.17, 15) is 0 Å². The van der Waals surface area contributed by atoms with Crippen molar-refractivity contribution in [3.05, 3.63) is 36.0 Å². The first-order valence-electron chi connectivity index (χ1n) is 6.40. The lowest BCUT2D eigenvalue weighted by Gasteiger charge is -2.02. The third-order valence-electron chi connectivity index (χ3n) is 2.79. The highest BCUT2D eigenvalue weighted by atomic mass is 32.1. The number of anilines is 1. The van der Waals surface area contributed by atoms with Crippen molar-refractivity contribution >= 4 is 16.5 Å². The molecule has 0 saturated heterocycles. The molecule has 0 unspecified atom stereocenters. The van der Waals surface area contributed by atoms with E-state index in [1.165, 1.54) is 0 Å². The van der Waals surface area contributed by atoms with Gasteiger partial charge in [0.1, 0.15) is 6.33 Å². The van der Waals surface area contributed by atoms with Gasteiger partial charge in [0.15, 0.2) is 5.13 Å². The Bertz CT molecular complexity index is 676. The maximum atomic E-state index is 4.59. The Balaban J connectivity index is 1.87. The van der Waals surface area contributed by atoms with Gasteiger partial charge in [0.05, 0.1) is 11.4 Å². The largest absolute Gasteiger partial charge is 0.362 e. The van der Waals surface area contributed by atoms with E-state index >= 15 is 0 Å². The molecule has 3 aromatic rings. The van der Waals surface area contributed by atoms with Crippen molar-refractivity contribution in [3.8, 4) is 16.9 Å². The van der Waals surface area contributed by atoms with Gasteiger partial charge in [-0.15, -0.1) is 16.4 Å². The van der Waals surface area contributed by atoms with Crippen LogP contribution < -0.4 is 5.32 Å². The third kappa shape index (κ3) is 2.67. The summed E-state index contributed by atoms with van der Waals surface area (Å²) in [6, 6.07) is 7.99. The molecule has 0 aliphatic rings. The zero-order chi connectivity index (χ0) is 13.8. The maximum absolute atomic E-state index is 4.59. The summed E-state index contributed by atoms with van der Waals surface area (Å²) in [6.07, 6.45) is 2.66. The number of hydrogen-bond donors (Lipinski definition) is 1. The second-order valence-corrected chi connectivity index (χ2v) is 5.13. The Hall–Kier alpha value is -2.28. The molecule has 20 heavy (non-hydrogen) atoms. The number of thiazole rings is 1. The Kier molecular flexibility index (Phi) is 3.69. The van der Waals surface area contributed by atoms with Crippen molar-refractivity contribution in [3.63, 3.8) is 0 Å². The van der Waals surface area contributed by atoms with Crippen LogP contribution in [0.1, 0.15) is 13.3 Å². The fourth-order valence-corrected chi connectivity index (χ4v) is 2.56. The number of rotatable bonds is 5. The summed E-state index contributed by atoms with van der Waals surface area (Å²) < 4.78 is 1.63. The first kappa shape index (κ1) is 12.7. The molecule has 0 radical (unpaired) electrons. The van der Waals surface area contributed by atoms with Crippen LogP contribution in [0.25, 0.3) is 16.9 Å². The minimum atomic E-state index is 0.920. The van der Waals surface area contributed by atoms with Crippen molar-refractivity contribution in [1.29, 1.82) is 0 Å². The number of nitrogens with one attached hydrogen (secondary N) is 1. The topological polar surface area (TPSA) is 68.5 Å². The van der Waals surface area contributed by atoms with Crippen molar-refractivity contribution in [1.82, 2.24) is 25.2 Å². The smallest absolute Gasteiger partial charge is 0.183 e. The van der Waals surface area contributed by atoms with Crippen LogP contribution in [0, 0.1) is 0 Å². The summed E-state index contributed by atoms with van der Waals surface area (Å²) in [5.74, 6) is 0. The standard InChI is InChI=1S/C13H14N6S/c1-2-6-14-13-16-12(8-20-13)10-4-3-5-11(7-10)19-9-15-17-18-19/h3-5,7-9H,2,6H2,1H3,(H,14,16). The molecule has 0 bridgehead atoms. The third-order valence-corrected chi connectivity index (χ3v) is 3.59. The highest BCUT2D eigenvalue weighted by molar-refractivity contribution is 7.14. The molecule has 6 nitrogen and oxygen atoms in total. The molecule has 0 amide bonds. The predicted molar refractivity (Wildman–Crippen MR) is 79.0 cm³/mol. The minimum Gasteiger partial charge on any atom is -0.362 e. The van der Waals surface area contributed by atoms with Crippen molar-refractivity contribution in [2.45, 2.75) is 13.3 Å². The summed E-state index contributed by atoms with van der Waals surface area (Å²) >= 11 is 1.62. The van der Waals surface area contributed by atoms with Crippen LogP contribution in [0.15, 0.2) is 36.0 Å². The van der Waals surface area contributed by atoms with E-state index in [-0.39, 0.29) is 0 Å². The van der Waals surface area contributed by atoms with Crippen LogP contribution in [0.3, 0.4) is 0 Å². The van der Waals surface area contributed by atoms with Gasteiger partial charge in [-0.05, 0) is 29.0 Å². The second-order valence-electron chi connectivity index (χ2n) is 4.27. The van der Waals surface area contributed by atoms with Gasteiger partial charge >= 0.3 is 0 Å². The summed E-state index contributed by atoms with van der Waals surface area (Å²) in [4.78, 5) is 4.59. The lowest BCUT2D eigenvalue weighted by Crippen LogP contribution is -1.98. The van der Waals surface area contributed by atoms with E-state index in [2.05, 4.69) is 38.1 Å². The van der Waals surface area contributed by atoms with Gasteiger partial charge in [-0.3, -0.25) is 0 Å². The molecule has 1 N–H and O–H groups in total. The molecule has 2 aromatic heterocycles. The first-order chi connectivity index (χ1) is 9.86. The average molecular weight is 286 g/mol. The maximum Gasteiger partial charge on any atom is 0.183 e. The summed E-state index contributed by atoms with van der Waals surface area (Å²) in [7, 11) is 0. The van der Waals surface area contributed by atoms with Crippen LogP contribution in [0.2, 0.25) is 0 Å². The van der Waals surface area contributed by atoms with E-state index in [4.69, 9.17) is 0 Å². The van der Waals surface area contributed by atoms with Crippen LogP contribution in [-0.4, -0.2) is 31.7 Å². The second kappa shape index (κ2) is 5.79. The van der Waals surface area contributed by atoms with Gasteiger partial charge in [-0.1, -0.05) is 19.1 Å². The molecule has 0 atom stereocenters. The Labute approximate surface area is 120 Å². The highest BCUT2D eigenvalue weighted by Gasteiger charge is 2.06. The molecular formula is C13H14N6S. The molecule has 2 heterocycles. The van der Waals surface area contributed by atoms with Crippen molar-refractivity contribution < 1.29 is 0 Å². The van der Waals surface area contributed by atoms with Crippen LogP contribution in [0.5, 0.6) is 0 Å². The molecular weight excluding hydrogens is 272 g/mol. The molecule has 102 valence electrons. The lowest BCUT2D eigenvalue weighted by atomic mass is 10.1. The fourth-order valence-electron chi connectivity index (χ4n) is 1.81. The van der Waals surface area contributed by atoms with Crippen molar-refractivity contribution in [2.24, 2.45) is 0 Å². The molecule has 0 aliphatic heterocycles. The SMILES string of the molecule is CCCNc1nc(-c2cccc(-n3cnnn3)c2)cs1. The number of nitrogens with zero attached hydrogens (tertiary/aromatic N) is 5. The molecule has 0 saturated carbocycles. The van der Waals surface area contributed by atoms with Crippen molar-refractivity contribution in [2.75, 3.05) is 11.9 Å². The predicted octanol–water partition coefficient (Wildman–Crippen LogP) is 2.61. The highest BCUT2D eigenvalue weighted by Crippen LogP contribution is 2.26. The summed E-state index contributed by atoms with van der Waals surface area (Å²) in [5, 5.41) is 17.5. The van der Waals surface area contributed by atoms with Gasteiger partial charge in [-0.2, -0.15) is 0 Å². The van der Waals surface area contributed by atoms with Gasteiger partial charge in [0, 0.05) is 17.5 Å². The zero-order valence-electron chi connectivity index (χ0n) is 11.0. The van der Waals surface area contributed by atoms with E-state index in [1.54, 1.807) is 22.3 Å². The van der Waals surface area contributed by atoms with Gasteiger partial charge in [0.25, 0.3) is 0 Å². The zero-order valence-corrected chi connectivity index (χ0v) is 11.8. The first-order valence-corrected chi connectivity index (χ1v) is 7.28. The Morgan fingerprint density at radius 2 is 2.30 bits per heavy atom. The number of benzene rings is 1. The van der Waals surface area contributed by atoms with Gasteiger partial charge in [0.2, 0.25) is 0 Å². The molecule has 7 heteroatoms. The molecule has 0 fully saturated rings. The monoisotopic (exact) mass is 286 g/mol. The Morgan fingerprint density at radius 3 is 3.10 bits per heavy atom. The van der Waals surface area contributed by atoms with E-state index in [0.717, 1.165) is 35.0 Å². The number of tetrazole rings is 1. The van der Waals surface area contributed by atoms with Gasteiger partial charge < -0.3 is 5.32 Å². The average Bonchev–Trinajstić information content (AvgIpc) is 3.17. The number of aromatic nitrogens is 5. The van der Waals surface area contributed by atoms with E-state index in [1.807, 2.05) is 24.3 Å². The molecule has 3 rings (SSSR count). The Morgan fingerprint density at radius 1 is 1.35 bits per heavy atom. The van der Waals surface area contributed by atoms with Crippen LogP contribution >= 0.6 is 11.3 Å². The van der Waals surface area contributed by atoms with Crippen LogP contribution in [-0.2, 0) is 0 Å². The fraction of sp³-hybridized carbons (Fsp3) is 0.231. The van der Waals surface area contributed by atoms with E-state index in [0.29, 0.717) is 0 Å². The van der Waals surface area contributed by atoms with E-state index < -0.39 is 0 Å². The molecule has 1 aromatic carbocycles. The van der Waals surface area contributed by atoms with Gasteiger partial charge in [-0.25, -0.2) is 9.67 Å². The number of hydrogen-bond acceptors (Lipinski definition) is 6. The van der Waals surface area contributed by atoms with Crippen LogP contribution in [0.4, 0.5) is 5.13 Å². The molecule has 0 spiro atoms. The lowest BCUT2D eigenvalue weighted by molar-refractivity contribution is 0.789. The minimum absolute atomic E-state index is 0.920. The quantitative estimate of drug-likeness (QED) is 0.781. The molecule has 0 aliphatic carbocycles. The normalized spacial score (nSPS) is 10.7. The summed E-state index contributed by atoms with van der Waals surface area (Å²) in [5.41, 5.74) is 2.94.